The van der Waals surface area contributed by atoms with Gasteiger partial charge >= 0.3 is 0 Å². The Labute approximate surface area is 202 Å². The lowest BCUT2D eigenvalue weighted by Crippen LogP contribution is -2.25. The van der Waals surface area contributed by atoms with Gasteiger partial charge in [0.1, 0.15) is 5.82 Å². The standard InChI is InChI=1S/C29H23FN2OS/c30-24-16-14-22(15-17-24)27-28(25-8-4-5-9-26(25)32-27)34-19-18-31-29(33)23-12-10-21(11-13-23)20-6-2-1-3-7-20/h1-17,32H,18-19H2,(H,31,33). The van der Waals surface area contributed by atoms with E-state index in [1.54, 1.807) is 23.9 Å². The van der Waals surface area contributed by atoms with Crippen LogP contribution in [0, 0.1) is 5.82 Å². The Morgan fingerprint density at radius 3 is 2.18 bits per heavy atom. The molecule has 0 saturated carbocycles. The number of fused-ring (bicyclic) bond motifs is 1. The number of nitrogens with one attached hydrogen (secondary N) is 2. The number of hydrogen-bond donors (Lipinski definition) is 2. The molecule has 0 unspecified atom stereocenters. The average Bonchev–Trinajstić information content (AvgIpc) is 3.26. The van der Waals surface area contributed by atoms with Crippen molar-refractivity contribution >= 4 is 28.6 Å². The summed E-state index contributed by atoms with van der Waals surface area (Å²) in [5.41, 5.74) is 5.79. The van der Waals surface area contributed by atoms with Crippen molar-refractivity contribution in [3.05, 3.63) is 115 Å². The first-order chi connectivity index (χ1) is 16.7. The molecule has 0 bridgehead atoms. The molecule has 0 fully saturated rings. The summed E-state index contributed by atoms with van der Waals surface area (Å²) >= 11 is 1.68. The fourth-order valence-corrected chi connectivity index (χ4v) is 5.01. The Morgan fingerprint density at radius 1 is 0.765 bits per heavy atom. The van der Waals surface area contributed by atoms with Crippen LogP contribution in [0.25, 0.3) is 33.3 Å². The van der Waals surface area contributed by atoms with Crippen LogP contribution in [0.4, 0.5) is 4.39 Å². The van der Waals surface area contributed by atoms with Gasteiger partial charge in [-0.05, 0) is 59.2 Å². The number of benzene rings is 4. The van der Waals surface area contributed by atoms with E-state index in [-0.39, 0.29) is 11.7 Å². The van der Waals surface area contributed by atoms with Gasteiger partial charge in [-0.3, -0.25) is 4.79 Å². The molecule has 3 nitrogen and oxygen atoms in total. The van der Waals surface area contributed by atoms with Crippen molar-refractivity contribution in [2.24, 2.45) is 0 Å². The number of H-pyrrole nitrogens is 1. The minimum Gasteiger partial charge on any atom is -0.354 e. The van der Waals surface area contributed by atoms with Gasteiger partial charge in [-0.15, -0.1) is 11.8 Å². The summed E-state index contributed by atoms with van der Waals surface area (Å²) in [6.45, 7) is 0.534. The number of carbonyl (C=O) groups excluding carboxylic acids is 1. The van der Waals surface area contributed by atoms with E-state index in [1.165, 1.54) is 12.1 Å². The monoisotopic (exact) mass is 466 g/mol. The van der Waals surface area contributed by atoms with Gasteiger partial charge in [-0.1, -0.05) is 60.7 Å². The highest BCUT2D eigenvalue weighted by atomic mass is 32.2. The zero-order valence-electron chi connectivity index (χ0n) is 18.4. The Kier molecular flexibility index (Phi) is 6.45. The summed E-state index contributed by atoms with van der Waals surface area (Å²) < 4.78 is 13.4. The van der Waals surface area contributed by atoms with Crippen LogP contribution in [0.5, 0.6) is 0 Å². The normalized spacial score (nSPS) is 11.0. The van der Waals surface area contributed by atoms with Crippen molar-refractivity contribution in [2.45, 2.75) is 4.90 Å². The Hall–Kier alpha value is -3.83. The van der Waals surface area contributed by atoms with Crippen molar-refractivity contribution in [3.8, 4) is 22.4 Å². The van der Waals surface area contributed by atoms with Crippen LogP contribution in [0.3, 0.4) is 0 Å². The summed E-state index contributed by atoms with van der Waals surface area (Å²) in [5.74, 6) is 0.371. The zero-order valence-corrected chi connectivity index (χ0v) is 19.2. The van der Waals surface area contributed by atoms with E-state index in [2.05, 4.69) is 28.5 Å². The second-order valence-corrected chi connectivity index (χ2v) is 9.03. The number of amides is 1. The molecule has 5 heteroatoms. The van der Waals surface area contributed by atoms with Crippen LogP contribution in [0.1, 0.15) is 10.4 Å². The lowest BCUT2D eigenvalue weighted by atomic mass is 10.0. The van der Waals surface area contributed by atoms with Crippen molar-refractivity contribution in [2.75, 3.05) is 12.3 Å². The number of aromatic amines is 1. The predicted octanol–water partition coefficient (Wildman–Crippen LogP) is 7.16. The van der Waals surface area contributed by atoms with E-state index in [1.807, 2.05) is 60.7 Å². The molecular weight excluding hydrogens is 443 g/mol. The van der Waals surface area contributed by atoms with Gasteiger partial charge in [-0.2, -0.15) is 0 Å². The first kappa shape index (κ1) is 22.0. The minimum atomic E-state index is -0.256. The number of carbonyl (C=O) groups is 1. The lowest BCUT2D eigenvalue weighted by Gasteiger charge is -2.08. The van der Waals surface area contributed by atoms with Gasteiger partial charge < -0.3 is 10.3 Å². The van der Waals surface area contributed by atoms with E-state index in [0.717, 1.165) is 38.2 Å². The molecule has 1 heterocycles. The van der Waals surface area contributed by atoms with Crippen molar-refractivity contribution < 1.29 is 9.18 Å². The van der Waals surface area contributed by atoms with Crippen LogP contribution >= 0.6 is 11.8 Å². The minimum absolute atomic E-state index is 0.0853. The molecule has 0 aliphatic rings. The molecule has 0 aliphatic carbocycles. The topological polar surface area (TPSA) is 44.9 Å². The van der Waals surface area contributed by atoms with Crippen LogP contribution < -0.4 is 5.32 Å². The number of rotatable bonds is 7. The van der Waals surface area contributed by atoms with Crippen molar-refractivity contribution in [3.63, 3.8) is 0 Å². The molecule has 5 rings (SSSR count). The molecule has 1 aromatic heterocycles. The highest BCUT2D eigenvalue weighted by Gasteiger charge is 2.14. The maximum Gasteiger partial charge on any atom is 0.251 e. The smallest absolute Gasteiger partial charge is 0.251 e. The molecule has 0 aliphatic heterocycles. The second-order valence-electron chi connectivity index (χ2n) is 7.93. The molecule has 5 aromatic rings. The molecule has 4 aromatic carbocycles. The van der Waals surface area contributed by atoms with E-state index in [4.69, 9.17) is 0 Å². The summed E-state index contributed by atoms with van der Waals surface area (Å²) in [6.07, 6.45) is 0. The van der Waals surface area contributed by atoms with E-state index in [9.17, 15) is 9.18 Å². The highest BCUT2D eigenvalue weighted by molar-refractivity contribution is 7.99. The van der Waals surface area contributed by atoms with Gasteiger partial charge in [0.25, 0.3) is 5.91 Å². The Bertz CT molecular complexity index is 1410. The van der Waals surface area contributed by atoms with Crippen LogP contribution in [0.2, 0.25) is 0 Å². The molecule has 0 atom stereocenters. The van der Waals surface area contributed by atoms with Crippen LogP contribution in [0.15, 0.2) is 108 Å². The van der Waals surface area contributed by atoms with Crippen molar-refractivity contribution in [1.29, 1.82) is 0 Å². The van der Waals surface area contributed by atoms with E-state index >= 15 is 0 Å². The molecule has 2 N–H and O–H groups in total. The largest absolute Gasteiger partial charge is 0.354 e. The van der Waals surface area contributed by atoms with Gasteiger partial charge in [-0.25, -0.2) is 4.39 Å². The first-order valence-electron chi connectivity index (χ1n) is 11.1. The molecule has 168 valence electrons. The zero-order chi connectivity index (χ0) is 23.3. The summed E-state index contributed by atoms with van der Waals surface area (Å²) in [7, 11) is 0. The van der Waals surface area contributed by atoms with E-state index < -0.39 is 0 Å². The Morgan fingerprint density at radius 2 is 1.41 bits per heavy atom. The number of aromatic nitrogens is 1. The summed E-state index contributed by atoms with van der Waals surface area (Å²) in [4.78, 5) is 17.2. The lowest BCUT2D eigenvalue weighted by molar-refractivity contribution is 0.0956. The summed E-state index contributed by atoms with van der Waals surface area (Å²) in [5, 5.41) is 4.14. The third-order valence-electron chi connectivity index (χ3n) is 5.68. The number of halogens is 1. The first-order valence-corrected chi connectivity index (χ1v) is 12.1. The van der Waals surface area contributed by atoms with Crippen molar-refractivity contribution in [1.82, 2.24) is 10.3 Å². The van der Waals surface area contributed by atoms with Gasteiger partial charge in [0.2, 0.25) is 0 Å². The third-order valence-corrected chi connectivity index (χ3v) is 6.80. The second kappa shape index (κ2) is 9.98. The molecule has 0 spiro atoms. The van der Waals surface area contributed by atoms with Gasteiger partial charge in [0.15, 0.2) is 0 Å². The fraction of sp³-hybridized carbons (Fsp3) is 0.0690. The van der Waals surface area contributed by atoms with Crippen LogP contribution in [-0.4, -0.2) is 23.2 Å². The molecule has 0 saturated heterocycles. The SMILES string of the molecule is O=C(NCCSc1c(-c2ccc(F)cc2)[nH]c2ccccc12)c1ccc(-c2ccccc2)cc1. The molecular formula is C29H23FN2OS. The predicted molar refractivity (Wildman–Crippen MR) is 139 cm³/mol. The van der Waals surface area contributed by atoms with E-state index in [0.29, 0.717) is 17.9 Å². The number of thioether (sulfide) groups is 1. The third kappa shape index (κ3) is 4.75. The molecule has 1 amide bonds. The number of hydrogen-bond acceptors (Lipinski definition) is 2. The van der Waals surface area contributed by atoms with Gasteiger partial charge in [0.05, 0.1) is 5.69 Å². The maximum absolute atomic E-state index is 13.4. The Balaban J connectivity index is 1.25. The number of para-hydroxylation sites is 1. The highest BCUT2D eigenvalue weighted by Crippen LogP contribution is 2.37. The summed E-state index contributed by atoms with van der Waals surface area (Å²) in [6, 6.07) is 32.4. The molecule has 34 heavy (non-hydrogen) atoms. The average molecular weight is 467 g/mol. The fourth-order valence-electron chi connectivity index (χ4n) is 3.95. The molecule has 0 radical (unpaired) electrons. The van der Waals surface area contributed by atoms with Gasteiger partial charge in [0, 0.05) is 33.7 Å². The maximum atomic E-state index is 13.4. The van der Waals surface area contributed by atoms with Crippen LogP contribution in [-0.2, 0) is 0 Å². The quantitative estimate of drug-likeness (QED) is 0.197.